The van der Waals surface area contributed by atoms with E-state index < -0.39 is 0 Å². The highest BCUT2D eigenvalue weighted by atomic mass is 16.5. The van der Waals surface area contributed by atoms with E-state index in [2.05, 4.69) is 33.2 Å². The van der Waals surface area contributed by atoms with Gasteiger partial charge in [0.1, 0.15) is 12.4 Å². The zero-order valence-corrected chi connectivity index (χ0v) is 17.5. The Morgan fingerprint density at radius 2 is 2.07 bits per heavy atom. The lowest BCUT2D eigenvalue weighted by molar-refractivity contribution is 0.0932. The number of nitrogens with one attached hydrogen (secondary N) is 1. The second-order valence-corrected chi connectivity index (χ2v) is 8.28. The smallest absolute Gasteiger partial charge is 0.273 e. The summed E-state index contributed by atoms with van der Waals surface area (Å²) in [5.74, 6) is 0.806. The Morgan fingerprint density at radius 1 is 1.23 bits per heavy atom. The maximum Gasteiger partial charge on any atom is 0.273 e. The van der Waals surface area contributed by atoms with Crippen molar-refractivity contribution in [2.75, 3.05) is 19.7 Å². The monoisotopic (exact) mass is 409 g/mol. The van der Waals surface area contributed by atoms with E-state index in [0.29, 0.717) is 12.3 Å². The standard InChI is InChI=1S/C23H31N5O2/c1-2-14-30-22-12-6-3-8-18(22)15-27-13-7-11-20(16-27)28-17-21(25-26-28)23(29)24-19-9-4-5-10-19/h2-3,6,8,12,17,19-20H,1,4-5,7,9-11,13-16H2,(H,24,29). The van der Waals surface area contributed by atoms with Gasteiger partial charge >= 0.3 is 0 Å². The molecule has 2 heterocycles. The summed E-state index contributed by atoms with van der Waals surface area (Å²) >= 11 is 0. The molecule has 1 saturated heterocycles. The molecule has 0 radical (unpaired) electrons. The average molecular weight is 410 g/mol. The normalized spacial score (nSPS) is 20.2. The van der Waals surface area contributed by atoms with Gasteiger partial charge in [0.2, 0.25) is 0 Å². The van der Waals surface area contributed by atoms with Gasteiger partial charge in [0, 0.05) is 24.7 Å². The second kappa shape index (κ2) is 9.89. The van der Waals surface area contributed by atoms with E-state index in [1.165, 1.54) is 18.4 Å². The molecule has 1 saturated carbocycles. The molecule has 1 aromatic heterocycles. The molecule has 2 fully saturated rings. The molecule has 0 bridgehead atoms. The number of hydrogen-bond donors (Lipinski definition) is 1. The van der Waals surface area contributed by atoms with E-state index in [0.717, 1.165) is 51.1 Å². The minimum absolute atomic E-state index is 0.103. The lowest BCUT2D eigenvalue weighted by Crippen LogP contribution is -2.36. The Morgan fingerprint density at radius 3 is 2.90 bits per heavy atom. The maximum absolute atomic E-state index is 12.5. The van der Waals surface area contributed by atoms with Crippen LogP contribution in [0, 0.1) is 0 Å². The summed E-state index contributed by atoms with van der Waals surface area (Å²) in [5, 5.41) is 11.5. The molecular formula is C23H31N5O2. The molecule has 4 rings (SSSR count). The molecule has 30 heavy (non-hydrogen) atoms. The van der Waals surface area contributed by atoms with Crippen molar-refractivity contribution in [2.24, 2.45) is 0 Å². The van der Waals surface area contributed by atoms with E-state index >= 15 is 0 Å². The number of para-hydroxylation sites is 1. The van der Waals surface area contributed by atoms with Crippen molar-refractivity contribution in [3.05, 3.63) is 54.4 Å². The molecule has 1 aromatic carbocycles. The van der Waals surface area contributed by atoms with Gasteiger partial charge < -0.3 is 10.1 Å². The molecule has 7 heteroatoms. The highest BCUT2D eigenvalue weighted by molar-refractivity contribution is 5.92. The van der Waals surface area contributed by atoms with Gasteiger partial charge in [0.15, 0.2) is 5.69 Å². The van der Waals surface area contributed by atoms with Crippen LogP contribution in [-0.2, 0) is 6.54 Å². The first-order valence-corrected chi connectivity index (χ1v) is 11.0. The summed E-state index contributed by atoms with van der Waals surface area (Å²) in [5.41, 5.74) is 1.59. The minimum atomic E-state index is -0.103. The molecular weight excluding hydrogens is 378 g/mol. The fraction of sp³-hybridized carbons (Fsp3) is 0.522. The lowest BCUT2D eigenvalue weighted by atomic mass is 10.0. The van der Waals surface area contributed by atoms with Gasteiger partial charge in [-0.2, -0.15) is 0 Å². The predicted octanol–water partition coefficient (Wildman–Crippen LogP) is 3.35. The van der Waals surface area contributed by atoms with Crippen molar-refractivity contribution in [3.8, 4) is 5.75 Å². The van der Waals surface area contributed by atoms with E-state index in [1.807, 2.05) is 22.9 Å². The van der Waals surface area contributed by atoms with Gasteiger partial charge in [0.25, 0.3) is 5.91 Å². The number of aromatic nitrogens is 3. The molecule has 7 nitrogen and oxygen atoms in total. The molecule has 1 atom stereocenters. The van der Waals surface area contributed by atoms with Crippen LogP contribution in [0.25, 0.3) is 0 Å². The van der Waals surface area contributed by atoms with Crippen molar-refractivity contribution in [1.29, 1.82) is 0 Å². The zero-order valence-electron chi connectivity index (χ0n) is 17.5. The summed E-state index contributed by atoms with van der Waals surface area (Å²) in [6, 6.07) is 8.67. The van der Waals surface area contributed by atoms with Crippen molar-refractivity contribution in [1.82, 2.24) is 25.2 Å². The number of benzene rings is 1. The van der Waals surface area contributed by atoms with Crippen molar-refractivity contribution in [2.45, 2.75) is 57.2 Å². The first kappa shape index (κ1) is 20.6. The van der Waals surface area contributed by atoms with Crippen LogP contribution in [-0.4, -0.2) is 51.5 Å². The number of nitrogens with zero attached hydrogens (tertiary/aromatic N) is 4. The van der Waals surface area contributed by atoms with Crippen LogP contribution >= 0.6 is 0 Å². The highest BCUT2D eigenvalue weighted by Crippen LogP contribution is 2.26. The summed E-state index contributed by atoms with van der Waals surface area (Å²) in [6.45, 7) is 6.97. The van der Waals surface area contributed by atoms with Crippen LogP contribution in [0.15, 0.2) is 43.1 Å². The third-order valence-electron chi connectivity index (χ3n) is 6.01. The lowest BCUT2D eigenvalue weighted by Gasteiger charge is -2.32. The van der Waals surface area contributed by atoms with Crippen LogP contribution in [0.3, 0.4) is 0 Å². The Labute approximate surface area is 178 Å². The van der Waals surface area contributed by atoms with Gasteiger partial charge in [-0.1, -0.05) is 48.9 Å². The number of likely N-dealkylation sites (tertiary alicyclic amines) is 1. The van der Waals surface area contributed by atoms with Crippen molar-refractivity contribution in [3.63, 3.8) is 0 Å². The minimum Gasteiger partial charge on any atom is -0.489 e. The van der Waals surface area contributed by atoms with Gasteiger partial charge in [-0.15, -0.1) is 5.10 Å². The number of ether oxygens (including phenoxy) is 1. The van der Waals surface area contributed by atoms with Gasteiger partial charge in [-0.3, -0.25) is 9.69 Å². The van der Waals surface area contributed by atoms with E-state index in [9.17, 15) is 4.79 Å². The van der Waals surface area contributed by atoms with Gasteiger partial charge in [0.05, 0.1) is 12.2 Å². The Bertz CT molecular complexity index is 859. The molecule has 2 aromatic rings. The third kappa shape index (κ3) is 5.08. The summed E-state index contributed by atoms with van der Waals surface area (Å²) in [6.07, 6.45) is 10.2. The molecule has 1 unspecified atom stereocenters. The SMILES string of the molecule is C=CCOc1ccccc1CN1CCCC(n2cc(C(=O)NC3CCCC3)nn2)C1. The van der Waals surface area contributed by atoms with Crippen molar-refractivity contribution >= 4 is 5.91 Å². The van der Waals surface area contributed by atoms with Crippen molar-refractivity contribution < 1.29 is 9.53 Å². The quantitative estimate of drug-likeness (QED) is 0.677. The number of piperidine rings is 1. The molecule has 1 aliphatic carbocycles. The molecule has 1 N–H and O–H groups in total. The average Bonchev–Trinajstić information content (AvgIpc) is 3.46. The maximum atomic E-state index is 12.5. The molecule has 2 aliphatic rings. The first-order chi connectivity index (χ1) is 14.7. The van der Waals surface area contributed by atoms with E-state index in [-0.39, 0.29) is 18.0 Å². The van der Waals surface area contributed by atoms with Crippen LogP contribution in [0.4, 0.5) is 0 Å². The second-order valence-electron chi connectivity index (χ2n) is 8.28. The van der Waals surface area contributed by atoms with Crippen LogP contribution < -0.4 is 10.1 Å². The van der Waals surface area contributed by atoms with Crippen LogP contribution in [0.1, 0.15) is 60.6 Å². The van der Waals surface area contributed by atoms with Crippen LogP contribution in [0.5, 0.6) is 5.75 Å². The Hall–Kier alpha value is -2.67. The molecule has 1 aliphatic heterocycles. The highest BCUT2D eigenvalue weighted by Gasteiger charge is 2.25. The van der Waals surface area contributed by atoms with Crippen LogP contribution in [0.2, 0.25) is 0 Å². The Kier molecular flexibility index (Phi) is 6.79. The zero-order chi connectivity index (χ0) is 20.8. The molecule has 0 spiro atoms. The third-order valence-corrected chi connectivity index (χ3v) is 6.01. The van der Waals surface area contributed by atoms with Gasteiger partial charge in [-0.25, -0.2) is 4.68 Å². The summed E-state index contributed by atoms with van der Waals surface area (Å²) < 4.78 is 7.68. The molecule has 1 amide bonds. The number of amides is 1. The van der Waals surface area contributed by atoms with Gasteiger partial charge in [-0.05, 0) is 38.3 Å². The summed E-state index contributed by atoms with van der Waals surface area (Å²) in [7, 11) is 0. The number of hydrogen-bond acceptors (Lipinski definition) is 5. The number of rotatable bonds is 8. The largest absolute Gasteiger partial charge is 0.489 e. The van der Waals surface area contributed by atoms with E-state index in [1.54, 1.807) is 12.3 Å². The number of carbonyl (C=O) groups is 1. The topological polar surface area (TPSA) is 72.3 Å². The molecule has 160 valence electrons. The number of carbonyl (C=O) groups excluding carboxylic acids is 1. The first-order valence-electron chi connectivity index (χ1n) is 11.0. The Balaban J connectivity index is 1.37. The summed E-state index contributed by atoms with van der Waals surface area (Å²) in [4.78, 5) is 14.9. The fourth-order valence-corrected chi connectivity index (χ4v) is 4.44. The predicted molar refractivity (Wildman–Crippen MR) is 115 cm³/mol. The van der Waals surface area contributed by atoms with E-state index in [4.69, 9.17) is 4.74 Å². The fourth-order valence-electron chi connectivity index (χ4n) is 4.44.